The van der Waals surface area contributed by atoms with E-state index in [2.05, 4.69) is 31.9 Å². The fourth-order valence-corrected chi connectivity index (χ4v) is 2.59. The first kappa shape index (κ1) is 14.1. The molecule has 0 aliphatic rings. The maximum absolute atomic E-state index is 12.4. The Kier molecular flexibility index (Phi) is 4.27. The number of halogens is 2. The highest BCUT2D eigenvalue weighted by molar-refractivity contribution is 9.10. The van der Waals surface area contributed by atoms with Crippen molar-refractivity contribution in [1.29, 1.82) is 0 Å². The van der Waals surface area contributed by atoms with Crippen molar-refractivity contribution in [3.63, 3.8) is 0 Å². The second-order valence-electron chi connectivity index (χ2n) is 4.05. The standard InChI is InChI=1S/C14H12Br2N2O/c1-18(13-7-6-9(15)8-12(13)17)14(19)10-4-2-3-5-11(10)16/h2-8H,17H2,1H3. The number of nitrogens with two attached hydrogens (primary N) is 1. The number of nitrogen functional groups attached to an aromatic ring is 1. The first-order chi connectivity index (χ1) is 9.00. The van der Waals surface area contributed by atoms with Gasteiger partial charge in [0.25, 0.3) is 5.91 Å². The summed E-state index contributed by atoms with van der Waals surface area (Å²) in [4.78, 5) is 14.0. The van der Waals surface area contributed by atoms with Gasteiger partial charge in [0, 0.05) is 16.0 Å². The minimum atomic E-state index is -0.110. The van der Waals surface area contributed by atoms with E-state index in [9.17, 15) is 4.79 Å². The zero-order chi connectivity index (χ0) is 14.0. The van der Waals surface area contributed by atoms with Gasteiger partial charge in [-0.05, 0) is 46.3 Å². The Morgan fingerprint density at radius 1 is 1.16 bits per heavy atom. The lowest BCUT2D eigenvalue weighted by atomic mass is 10.2. The van der Waals surface area contributed by atoms with Gasteiger partial charge in [-0.2, -0.15) is 0 Å². The van der Waals surface area contributed by atoms with E-state index in [-0.39, 0.29) is 5.91 Å². The van der Waals surface area contributed by atoms with Gasteiger partial charge in [0.1, 0.15) is 0 Å². The van der Waals surface area contributed by atoms with Crippen LogP contribution < -0.4 is 10.6 Å². The smallest absolute Gasteiger partial charge is 0.259 e. The van der Waals surface area contributed by atoms with E-state index < -0.39 is 0 Å². The van der Waals surface area contributed by atoms with E-state index in [4.69, 9.17) is 5.73 Å². The van der Waals surface area contributed by atoms with E-state index in [0.717, 1.165) is 8.95 Å². The van der Waals surface area contributed by atoms with Gasteiger partial charge in [-0.1, -0.05) is 28.1 Å². The van der Waals surface area contributed by atoms with Crippen molar-refractivity contribution in [3.8, 4) is 0 Å². The molecule has 2 aromatic rings. The average molecular weight is 384 g/mol. The number of hydrogen-bond acceptors (Lipinski definition) is 2. The van der Waals surface area contributed by atoms with E-state index in [1.54, 1.807) is 24.1 Å². The molecule has 2 N–H and O–H groups in total. The fourth-order valence-electron chi connectivity index (χ4n) is 1.76. The van der Waals surface area contributed by atoms with Crippen LogP contribution in [0.5, 0.6) is 0 Å². The summed E-state index contributed by atoms with van der Waals surface area (Å²) in [5, 5.41) is 0. The third kappa shape index (κ3) is 2.98. The molecule has 0 heterocycles. The van der Waals surface area contributed by atoms with Crippen LogP contribution in [0.25, 0.3) is 0 Å². The molecule has 5 heteroatoms. The van der Waals surface area contributed by atoms with Crippen LogP contribution in [0.3, 0.4) is 0 Å². The summed E-state index contributed by atoms with van der Waals surface area (Å²) in [5.74, 6) is -0.110. The molecule has 0 bridgehead atoms. The monoisotopic (exact) mass is 382 g/mol. The maximum atomic E-state index is 12.4. The van der Waals surface area contributed by atoms with Crippen molar-refractivity contribution in [1.82, 2.24) is 0 Å². The van der Waals surface area contributed by atoms with Crippen LogP contribution in [0.15, 0.2) is 51.4 Å². The summed E-state index contributed by atoms with van der Waals surface area (Å²) in [5.41, 5.74) is 7.78. The van der Waals surface area contributed by atoms with Crippen LogP contribution >= 0.6 is 31.9 Å². The number of benzene rings is 2. The first-order valence-corrected chi connectivity index (χ1v) is 7.17. The van der Waals surface area contributed by atoms with Crippen LogP contribution in [-0.2, 0) is 0 Å². The van der Waals surface area contributed by atoms with E-state index in [1.165, 1.54) is 0 Å². The Morgan fingerprint density at radius 2 is 1.84 bits per heavy atom. The second-order valence-corrected chi connectivity index (χ2v) is 5.82. The lowest BCUT2D eigenvalue weighted by Crippen LogP contribution is -2.27. The molecule has 0 aliphatic heterocycles. The van der Waals surface area contributed by atoms with Crippen molar-refractivity contribution < 1.29 is 4.79 Å². The van der Waals surface area contributed by atoms with Gasteiger partial charge >= 0.3 is 0 Å². The van der Waals surface area contributed by atoms with Gasteiger partial charge in [0.2, 0.25) is 0 Å². The third-order valence-corrected chi connectivity index (χ3v) is 3.94. The molecule has 0 radical (unpaired) electrons. The predicted molar refractivity (Wildman–Crippen MR) is 85.4 cm³/mol. The summed E-state index contributed by atoms with van der Waals surface area (Å²) in [6, 6.07) is 12.8. The predicted octanol–water partition coefficient (Wildman–Crippen LogP) is 4.07. The summed E-state index contributed by atoms with van der Waals surface area (Å²) >= 11 is 6.73. The van der Waals surface area contributed by atoms with E-state index >= 15 is 0 Å². The summed E-state index contributed by atoms with van der Waals surface area (Å²) in [6.45, 7) is 0. The normalized spacial score (nSPS) is 10.3. The Hall–Kier alpha value is -1.33. The maximum Gasteiger partial charge on any atom is 0.259 e. The Balaban J connectivity index is 2.37. The lowest BCUT2D eigenvalue weighted by Gasteiger charge is -2.20. The first-order valence-electron chi connectivity index (χ1n) is 5.58. The zero-order valence-electron chi connectivity index (χ0n) is 10.2. The van der Waals surface area contributed by atoms with Gasteiger partial charge in [0.15, 0.2) is 0 Å². The molecule has 0 unspecified atom stereocenters. The minimum absolute atomic E-state index is 0.110. The van der Waals surface area contributed by atoms with Crippen molar-refractivity contribution in [2.75, 3.05) is 17.7 Å². The molecule has 19 heavy (non-hydrogen) atoms. The highest BCUT2D eigenvalue weighted by atomic mass is 79.9. The SMILES string of the molecule is CN(C(=O)c1ccccc1Br)c1ccc(Br)cc1N. The van der Waals surface area contributed by atoms with Crippen molar-refractivity contribution >= 4 is 49.1 Å². The number of carbonyl (C=O) groups is 1. The van der Waals surface area contributed by atoms with Crippen molar-refractivity contribution in [3.05, 3.63) is 57.0 Å². The molecule has 0 aromatic heterocycles. The largest absolute Gasteiger partial charge is 0.397 e. The molecule has 0 saturated heterocycles. The third-order valence-electron chi connectivity index (χ3n) is 2.76. The van der Waals surface area contributed by atoms with Gasteiger partial charge in [0.05, 0.1) is 16.9 Å². The zero-order valence-corrected chi connectivity index (χ0v) is 13.4. The number of rotatable bonds is 2. The molecular formula is C14H12Br2N2O. The van der Waals surface area contributed by atoms with Crippen LogP contribution in [0.1, 0.15) is 10.4 Å². The molecule has 2 aromatic carbocycles. The fraction of sp³-hybridized carbons (Fsp3) is 0.0714. The Morgan fingerprint density at radius 3 is 2.47 bits per heavy atom. The van der Waals surface area contributed by atoms with Crippen molar-refractivity contribution in [2.45, 2.75) is 0 Å². The molecule has 1 amide bonds. The molecule has 2 rings (SSSR count). The lowest BCUT2D eigenvalue weighted by molar-refractivity contribution is 0.0992. The molecule has 0 aliphatic carbocycles. The van der Waals surface area contributed by atoms with Crippen molar-refractivity contribution in [2.24, 2.45) is 0 Å². The molecule has 98 valence electrons. The summed E-state index contributed by atoms with van der Waals surface area (Å²) in [7, 11) is 1.71. The molecule has 0 saturated carbocycles. The average Bonchev–Trinajstić information content (AvgIpc) is 2.38. The van der Waals surface area contributed by atoms with Gasteiger partial charge in [-0.15, -0.1) is 0 Å². The molecule has 3 nitrogen and oxygen atoms in total. The molecular weight excluding hydrogens is 372 g/mol. The number of nitrogens with zero attached hydrogens (tertiary/aromatic N) is 1. The van der Waals surface area contributed by atoms with Crippen LogP contribution in [0.2, 0.25) is 0 Å². The number of carbonyl (C=O) groups excluding carboxylic acids is 1. The van der Waals surface area contributed by atoms with Gasteiger partial charge < -0.3 is 10.6 Å². The Labute approximate surface area is 128 Å². The van der Waals surface area contributed by atoms with E-state index in [1.807, 2.05) is 30.3 Å². The number of anilines is 2. The minimum Gasteiger partial charge on any atom is -0.397 e. The molecule has 0 fully saturated rings. The van der Waals surface area contributed by atoms with Gasteiger partial charge in [-0.3, -0.25) is 4.79 Å². The van der Waals surface area contributed by atoms with E-state index in [0.29, 0.717) is 16.9 Å². The van der Waals surface area contributed by atoms with Crippen LogP contribution in [0.4, 0.5) is 11.4 Å². The van der Waals surface area contributed by atoms with Crippen LogP contribution in [0, 0.1) is 0 Å². The second kappa shape index (κ2) is 5.75. The highest BCUT2D eigenvalue weighted by Crippen LogP contribution is 2.28. The highest BCUT2D eigenvalue weighted by Gasteiger charge is 2.17. The Bertz CT molecular complexity index is 629. The number of hydrogen-bond donors (Lipinski definition) is 1. The topological polar surface area (TPSA) is 46.3 Å². The number of amides is 1. The molecule has 0 atom stereocenters. The summed E-state index contributed by atoms with van der Waals surface area (Å²) < 4.78 is 1.65. The molecule has 0 spiro atoms. The van der Waals surface area contributed by atoms with Crippen LogP contribution in [-0.4, -0.2) is 13.0 Å². The quantitative estimate of drug-likeness (QED) is 0.794. The van der Waals surface area contributed by atoms with Gasteiger partial charge in [-0.25, -0.2) is 0 Å². The summed E-state index contributed by atoms with van der Waals surface area (Å²) in [6.07, 6.45) is 0.